The summed E-state index contributed by atoms with van der Waals surface area (Å²) in [5, 5.41) is 12.4. The Morgan fingerprint density at radius 3 is 2.75 bits per heavy atom. The Bertz CT molecular complexity index is 548. The highest BCUT2D eigenvalue weighted by atomic mass is 35.5. The molecular formula is C18H25ClN2O3. The van der Waals surface area contributed by atoms with Crippen LogP contribution in [-0.2, 0) is 16.0 Å². The van der Waals surface area contributed by atoms with Gasteiger partial charge in [0.25, 0.3) is 0 Å². The number of piperidine rings is 1. The zero-order chi connectivity index (χ0) is 17.4. The number of carboxylic acids is 1. The molecule has 1 aromatic carbocycles. The standard InChI is InChI=1S/C18H25ClN2O3/c19-16-6-3-14(4-7-16)9-10-20-17(22)13-21-11-1-2-15(12-21)5-8-18(23)24/h3-4,6-7,15H,1-2,5,8-13H2,(H,20,22)(H,23,24). The Labute approximate surface area is 148 Å². The number of halogens is 1. The van der Waals surface area contributed by atoms with Gasteiger partial charge in [-0.1, -0.05) is 23.7 Å². The first-order valence-electron chi connectivity index (χ1n) is 8.48. The second-order valence-corrected chi connectivity index (χ2v) is 6.84. The first-order chi connectivity index (χ1) is 11.5. The quantitative estimate of drug-likeness (QED) is 0.754. The lowest BCUT2D eigenvalue weighted by Gasteiger charge is -2.32. The van der Waals surface area contributed by atoms with Gasteiger partial charge in [0.05, 0.1) is 6.54 Å². The number of hydrogen-bond donors (Lipinski definition) is 2. The summed E-state index contributed by atoms with van der Waals surface area (Å²) in [6.07, 6.45) is 3.78. The molecule has 0 bridgehead atoms. The van der Waals surface area contributed by atoms with Gasteiger partial charge < -0.3 is 10.4 Å². The molecule has 5 nitrogen and oxygen atoms in total. The number of nitrogens with one attached hydrogen (secondary N) is 1. The van der Waals surface area contributed by atoms with E-state index in [1.165, 1.54) is 0 Å². The van der Waals surface area contributed by atoms with Crippen molar-refractivity contribution in [2.24, 2.45) is 5.92 Å². The van der Waals surface area contributed by atoms with E-state index in [0.29, 0.717) is 30.5 Å². The molecule has 2 rings (SSSR count). The smallest absolute Gasteiger partial charge is 0.303 e. The molecule has 0 aromatic heterocycles. The minimum absolute atomic E-state index is 0.0304. The maximum atomic E-state index is 12.1. The summed E-state index contributed by atoms with van der Waals surface area (Å²) < 4.78 is 0. The number of carboxylic acid groups (broad SMARTS) is 1. The second kappa shape index (κ2) is 9.64. The maximum Gasteiger partial charge on any atom is 0.303 e. The number of amides is 1. The fourth-order valence-corrected chi connectivity index (χ4v) is 3.24. The summed E-state index contributed by atoms with van der Waals surface area (Å²) >= 11 is 5.85. The van der Waals surface area contributed by atoms with Crippen molar-refractivity contribution in [2.45, 2.75) is 32.1 Å². The van der Waals surface area contributed by atoms with Crippen LogP contribution in [0.2, 0.25) is 5.02 Å². The molecule has 1 aliphatic heterocycles. The van der Waals surface area contributed by atoms with E-state index in [0.717, 1.165) is 37.9 Å². The topological polar surface area (TPSA) is 69.6 Å². The minimum Gasteiger partial charge on any atom is -0.481 e. The SMILES string of the molecule is O=C(O)CCC1CCCN(CC(=O)NCCc2ccc(Cl)cc2)C1. The molecule has 1 saturated heterocycles. The molecule has 6 heteroatoms. The van der Waals surface area contributed by atoms with Gasteiger partial charge in [0.2, 0.25) is 5.91 Å². The van der Waals surface area contributed by atoms with Gasteiger partial charge in [0.1, 0.15) is 0 Å². The number of rotatable bonds is 8. The molecule has 0 saturated carbocycles. The van der Waals surface area contributed by atoms with E-state index in [1.807, 2.05) is 24.3 Å². The highest BCUT2D eigenvalue weighted by molar-refractivity contribution is 6.30. The van der Waals surface area contributed by atoms with Gasteiger partial charge in [-0.2, -0.15) is 0 Å². The van der Waals surface area contributed by atoms with Gasteiger partial charge >= 0.3 is 5.97 Å². The second-order valence-electron chi connectivity index (χ2n) is 6.40. The van der Waals surface area contributed by atoms with E-state index in [-0.39, 0.29) is 12.3 Å². The van der Waals surface area contributed by atoms with Crippen LogP contribution in [0, 0.1) is 5.92 Å². The monoisotopic (exact) mass is 352 g/mol. The first-order valence-corrected chi connectivity index (χ1v) is 8.86. The lowest BCUT2D eigenvalue weighted by molar-refractivity contribution is -0.137. The van der Waals surface area contributed by atoms with Gasteiger partial charge in [0.15, 0.2) is 0 Å². The Balaban J connectivity index is 1.66. The van der Waals surface area contributed by atoms with Gasteiger partial charge in [-0.3, -0.25) is 14.5 Å². The average Bonchev–Trinajstić information content (AvgIpc) is 2.55. The minimum atomic E-state index is -0.743. The zero-order valence-electron chi connectivity index (χ0n) is 13.8. The van der Waals surface area contributed by atoms with Gasteiger partial charge in [-0.25, -0.2) is 0 Å². The van der Waals surface area contributed by atoms with Crippen LogP contribution in [0.25, 0.3) is 0 Å². The van der Waals surface area contributed by atoms with E-state index >= 15 is 0 Å². The highest BCUT2D eigenvalue weighted by Crippen LogP contribution is 2.20. The molecule has 1 unspecified atom stereocenters. The average molecular weight is 353 g/mol. The number of likely N-dealkylation sites (tertiary alicyclic amines) is 1. The van der Waals surface area contributed by atoms with Crippen LogP contribution in [0.1, 0.15) is 31.2 Å². The summed E-state index contributed by atoms with van der Waals surface area (Å²) in [5.41, 5.74) is 1.14. The predicted molar refractivity (Wildman–Crippen MR) is 94.2 cm³/mol. The molecule has 132 valence electrons. The highest BCUT2D eigenvalue weighted by Gasteiger charge is 2.21. The van der Waals surface area contributed by atoms with Crippen LogP contribution in [0.5, 0.6) is 0 Å². The number of benzene rings is 1. The predicted octanol–water partition coefficient (Wildman–Crippen LogP) is 2.58. The van der Waals surface area contributed by atoms with Crippen LogP contribution >= 0.6 is 11.6 Å². The molecule has 0 radical (unpaired) electrons. The van der Waals surface area contributed by atoms with Crippen molar-refractivity contribution in [1.82, 2.24) is 10.2 Å². The molecule has 24 heavy (non-hydrogen) atoms. The first kappa shape index (κ1) is 18.7. The van der Waals surface area contributed by atoms with E-state index in [2.05, 4.69) is 10.2 Å². The largest absolute Gasteiger partial charge is 0.481 e. The molecule has 1 aromatic rings. The third kappa shape index (κ3) is 6.89. The van der Waals surface area contributed by atoms with Crippen LogP contribution in [0.15, 0.2) is 24.3 Å². The number of hydrogen-bond acceptors (Lipinski definition) is 3. The fourth-order valence-electron chi connectivity index (χ4n) is 3.11. The summed E-state index contributed by atoms with van der Waals surface area (Å²) in [7, 11) is 0. The summed E-state index contributed by atoms with van der Waals surface area (Å²) in [6, 6.07) is 7.63. The van der Waals surface area contributed by atoms with E-state index in [9.17, 15) is 9.59 Å². The maximum absolute atomic E-state index is 12.1. The molecule has 1 aliphatic rings. The van der Waals surface area contributed by atoms with E-state index in [4.69, 9.17) is 16.7 Å². The van der Waals surface area contributed by atoms with Gasteiger partial charge in [-0.05, 0) is 55.8 Å². The summed E-state index contributed by atoms with van der Waals surface area (Å²) in [4.78, 5) is 24.9. The Kier molecular flexibility index (Phi) is 7.53. The lowest BCUT2D eigenvalue weighted by atomic mass is 9.93. The Hall–Kier alpha value is -1.59. The third-order valence-corrected chi connectivity index (χ3v) is 4.64. The van der Waals surface area contributed by atoms with Crippen molar-refractivity contribution in [1.29, 1.82) is 0 Å². The Morgan fingerprint density at radius 1 is 1.29 bits per heavy atom. The molecule has 1 atom stereocenters. The van der Waals surface area contributed by atoms with Crippen molar-refractivity contribution in [3.63, 3.8) is 0 Å². The lowest BCUT2D eigenvalue weighted by Crippen LogP contribution is -2.43. The third-order valence-electron chi connectivity index (χ3n) is 4.39. The van der Waals surface area contributed by atoms with Crippen LogP contribution in [-0.4, -0.2) is 48.1 Å². The van der Waals surface area contributed by atoms with Gasteiger partial charge in [-0.15, -0.1) is 0 Å². The Morgan fingerprint density at radius 2 is 2.04 bits per heavy atom. The molecule has 1 amide bonds. The normalized spacial score (nSPS) is 18.3. The number of nitrogens with zero attached hydrogens (tertiary/aromatic N) is 1. The fraction of sp³-hybridized carbons (Fsp3) is 0.556. The summed E-state index contributed by atoms with van der Waals surface area (Å²) in [5.74, 6) is -0.327. The molecule has 1 fully saturated rings. The molecule has 1 heterocycles. The van der Waals surface area contributed by atoms with E-state index in [1.54, 1.807) is 0 Å². The molecular weight excluding hydrogens is 328 g/mol. The zero-order valence-corrected chi connectivity index (χ0v) is 14.6. The molecule has 0 spiro atoms. The number of carbonyl (C=O) groups excluding carboxylic acids is 1. The molecule has 2 N–H and O–H groups in total. The molecule has 0 aliphatic carbocycles. The summed E-state index contributed by atoms with van der Waals surface area (Å²) in [6.45, 7) is 2.73. The van der Waals surface area contributed by atoms with Crippen molar-refractivity contribution >= 4 is 23.5 Å². The van der Waals surface area contributed by atoms with Crippen LogP contribution < -0.4 is 5.32 Å². The van der Waals surface area contributed by atoms with Crippen molar-refractivity contribution < 1.29 is 14.7 Å². The van der Waals surface area contributed by atoms with Crippen LogP contribution in [0.4, 0.5) is 0 Å². The van der Waals surface area contributed by atoms with Crippen LogP contribution in [0.3, 0.4) is 0 Å². The van der Waals surface area contributed by atoms with Crippen molar-refractivity contribution in [2.75, 3.05) is 26.2 Å². The number of aliphatic carboxylic acids is 1. The van der Waals surface area contributed by atoms with E-state index < -0.39 is 5.97 Å². The number of carbonyl (C=O) groups is 2. The van der Waals surface area contributed by atoms with Crippen molar-refractivity contribution in [3.05, 3.63) is 34.9 Å². The van der Waals surface area contributed by atoms with Crippen molar-refractivity contribution in [3.8, 4) is 0 Å². The van der Waals surface area contributed by atoms with Gasteiger partial charge in [0, 0.05) is 24.5 Å².